The summed E-state index contributed by atoms with van der Waals surface area (Å²) < 4.78 is 5.43. The quantitative estimate of drug-likeness (QED) is 0.896. The second-order valence-corrected chi connectivity index (χ2v) is 5.76. The molecule has 0 spiro atoms. The first-order valence-electron chi connectivity index (χ1n) is 7.50. The minimum atomic E-state index is 0.602. The second-order valence-electron chi connectivity index (χ2n) is 5.76. The average Bonchev–Trinajstić information content (AvgIpc) is 2.95. The van der Waals surface area contributed by atoms with Crippen molar-refractivity contribution >= 4 is 0 Å². The van der Waals surface area contributed by atoms with Gasteiger partial charge in [-0.2, -0.15) is 0 Å². The van der Waals surface area contributed by atoms with E-state index in [2.05, 4.69) is 40.5 Å². The molecule has 0 amide bonds. The third-order valence-corrected chi connectivity index (χ3v) is 4.24. The van der Waals surface area contributed by atoms with Gasteiger partial charge in [-0.25, -0.2) is 0 Å². The summed E-state index contributed by atoms with van der Waals surface area (Å²) in [5.41, 5.74) is 1.43. The van der Waals surface area contributed by atoms with Crippen LogP contribution in [0.4, 0.5) is 0 Å². The largest absolute Gasteiger partial charge is 0.380 e. The van der Waals surface area contributed by atoms with E-state index >= 15 is 0 Å². The number of hydrogen-bond donors (Lipinski definition) is 1. The van der Waals surface area contributed by atoms with Gasteiger partial charge in [-0.3, -0.25) is 4.90 Å². The van der Waals surface area contributed by atoms with E-state index in [-0.39, 0.29) is 0 Å². The average molecular weight is 260 g/mol. The Bertz CT molecular complexity index is 368. The normalized spacial score (nSPS) is 25.8. The van der Waals surface area contributed by atoms with Crippen molar-refractivity contribution in [1.29, 1.82) is 0 Å². The molecular formula is C16H24N2O. The van der Waals surface area contributed by atoms with Crippen LogP contribution in [0.5, 0.6) is 0 Å². The van der Waals surface area contributed by atoms with Crippen molar-refractivity contribution in [3.8, 4) is 0 Å². The molecule has 3 nitrogen and oxygen atoms in total. The summed E-state index contributed by atoms with van der Waals surface area (Å²) in [4.78, 5) is 2.57. The Kier molecular flexibility index (Phi) is 4.49. The van der Waals surface area contributed by atoms with Gasteiger partial charge < -0.3 is 10.1 Å². The molecule has 2 heterocycles. The predicted octanol–water partition coefficient (Wildman–Crippen LogP) is 2.03. The molecular weight excluding hydrogens is 236 g/mol. The highest BCUT2D eigenvalue weighted by atomic mass is 16.5. The summed E-state index contributed by atoms with van der Waals surface area (Å²) >= 11 is 0. The highest BCUT2D eigenvalue weighted by molar-refractivity contribution is 5.14. The molecule has 1 unspecified atom stereocenters. The lowest BCUT2D eigenvalue weighted by Crippen LogP contribution is -2.46. The molecule has 0 bridgehead atoms. The summed E-state index contributed by atoms with van der Waals surface area (Å²) in [5, 5.41) is 3.75. The zero-order valence-corrected chi connectivity index (χ0v) is 11.6. The Labute approximate surface area is 115 Å². The van der Waals surface area contributed by atoms with Gasteiger partial charge in [0.25, 0.3) is 0 Å². The van der Waals surface area contributed by atoms with Crippen LogP contribution in [-0.2, 0) is 11.3 Å². The van der Waals surface area contributed by atoms with Crippen LogP contribution in [0, 0.1) is 0 Å². The van der Waals surface area contributed by atoms with Crippen LogP contribution in [-0.4, -0.2) is 43.3 Å². The Morgan fingerprint density at radius 2 is 1.84 bits per heavy atom. The molecule has 1 aromatic rings. The molecule has 2 fully saturated rings. The monoisotopic (exact) mass is 260 g/mol. The molecule has 0 aromatic heterocycles. The number of hydrogen-bond acceptors (Lipinski definition) is 3. The molecule has 0 saturated carbocycles. The first kappa shape index (κ1) is 13.1. The van der Waals surface area contributed by atoms with E-state index in [4.69, 9.17) is 4.74 Å². The number of ether oxygens (including phenoxy) is 1. The first-order chi connectivity index (χ1) is 9.40. The Balaban J connectivity index is 1.41. The predicted molar refractivity (Wildman–Crippen MR) is 77.1 cm³/mol. The SMILES string of the molecule is c1ccc(CN2CCC(NC3CCOC3)CC2)cc1. The van der Waals surface area contributed by atoms with Crippen molar-refractivity contribution in [2.45, 2.75) is 37.9 Å². The third kappa shape index (κ3) is 3.78. The fourth-order valence-electron chi connectivity index (χ4n) is 3.10. The first-order valence-corrected chi connectivity index (χ1v) is 7.50. The molecule has 19 heavy (non-hydrogen) atoms. The maximum atomic E-state index is 5.43. The van der Waals surface area contributed by atoms with E-state index in [1.165, 1.54) is 37.9 Å². The van der Waals surface area contributed by atoms with Gasteiger partial charge in [0.2, 0.25) is 0 Å². The fourth-order valence-corrected chi connectivity index (χ4v) is 3.10. The zero-order chi connectivity index (χ0) is 12.9. The van der Waals surface area contributed by atoms with Crippen molar-refractivity contribution in [3.05, 3.63) is 35.9 Å². The van der Waals surface area contributed by atoms with Gasteiger partial charge in [0, 0.05) is 25.2 Å². The standard InChI is InChI=1S/C16H24N2O/c1-2-4-14(5-3-1)12-18-9-6-15(7-10-18)17-16-8-11-19-13-16/h1-5,15-17H,6-13H2. The van der Waals surface area contributed by atoms with Gasteiger partial charge in [-0.15, -0.1) is 0 Å². The molecule has 1 aromatic carbocycles. The molecule has 1 atom stereocenters. The van der Waals surface area contributed by atoms with Crippen molar-refractivity contribution in [3.63, 3.8) is 0 Å². The lowest BCUT2D eigenvalue weighted by atomic mass is 10.0. The minimum Gasteiger partial charge on any atom is -0.380 e. The maximum Gasteiger partial charge on any atom is 0.0620 e. The number of piperidine rings is 1. The summed E-state index contributed by atoms with van der Waals surface area (Å²) in [5.74, 6) is 0. The molecule has 104 valence electrons. The van der Waals surface area contributed by atoms with Crippen LogP contribution in [0.15, 0.2) is 30.3 Å². The highest BCUT2D eigenvalue weighted by Crippen LogP contribution is 2.15. The van der Waals surface area contributed by atoms with Gasteiger partial charge in [-0.1, -0.05) is 30.3 Å². The molecule has 3 rings (SSSR count). The topological polar surface area (TPSA) is 24.5 Å². The highest BCUT2D eigenvalue weighted by Gasteiger charge is 2.23. The summed E-state index contributed by atoms with van der Waals surface area (Å²) in [7, 11) is 0. The van der Waals surface area contributed by atoms with Crippen molar-refractivity contribution in [1.82, 2.24) is 10.2 Å². The van der Waals surface area contributed by atoms with E-state index < -0.39 is 0 Å². The van der Waals surface area contributed by atoms with Gasteiger partial charge >= 0.3 is 0 Å². The lowest BCUT2D eigenvalue weighted by Gasteiger charge is -2.33. The number of likely N-dealkylation sites (tertiary alicyclic amines) is 1. The number of nitrogens with zero attached hydrogens (tertiary/aromatic N) is 1. The van der Waals surface area contributed by atoms with E-state index in [1.807, 2.05) is 0 Å². The number of benzene rings is 1. The zero-order valence-electron chi connectivity index (χ0n) is 11.6. The Hall–Kier alpha value is -0.900. The van der Waals surface area contributed by atoms with Crippen molar-refractivity contribution in [2.24, 2.45) is 0 Å². The van der Waals surface area contributed by atoms with Gasteiger partial charge in [0.1, 0.15) is 0 Å². The van der Waals surface area contributed by atoms with E-state index in [0.29, 0.717) is 12.1 Å². The van der Waals surface area contributed by atoms with Gasteiger partial charge in [0.05, 0.1) is 6.61 Å². The molecule has 2 aliphatic rings. The van der Waals surface area contributed by atoms with Crippen LogP contribution >= 0.6 is 0 Å². The number of rotatable bonds is 4. The second kappa shape index (κ2) is 6.51. The Morgan fingerprint density at radius 3 is 2.53 bits per heavy atom. The summed E-state index contributed by atoms with van der Waals surface area (Å²) in [6, 6.07) is 12.1. The molecule has 0 aliphatic carbocycles. The van der Waals surface area contributed by atoms with Crippen LogP contribution in [0.3, 0.4) is 0 Å². The van der Waals surface area contributed by atoms with E-state index in [1.54, 1.807) is 0 Å². The third-order valence-electron chi connectivity index (χ3n) is 4.24. The van der Waals surface area contributed by atoms with Gasteiger partial charge in [0.15, 0.2) is 0 Å². The summed E-state index contributed by atoms with van der Waals surface area (Å²) in [6.45, 7) is 5.36. The van der Waals surface area contributed by atoms with Gasteiger partial charge in [-0.05, 0) is 37.9 Å². The van der Waals surface area contributed by atoms with E-state index in [9.17, 15) is 0 Å². The van der Waals surface area contributed by atoms with Crippen LogP contribution in [0.2, 0.25) is 0 Å². The fraction of sp³-hybridized carbons (Fsp3) is 0.625. The molecule has 3 heteroatoms. The van der Waals surface area contributed by atoms with Crippen molar-refractivity contribution in [2.75, 3.05) is 26.3 Å². The number of nitrogens with one attached hydrogen (secondary N) is 1. The maximum absolute atomic E-state index is 5.43. The van der Waals surface area contributed by atoms with Crippen LogP contribution < -0.4 is 5.32 Å². The lowest BCUT2D eigenvalue weighted by molar-refractivity contribution is 0.168. The van der Waals surface area contributed by atoms with Crippen molar-refractivity contribution < 1.29 is 4.74 Å². The van der Waals surface area contributed by atoms with Crippen LogP contribution in [0.1, 0.15) is 24.8 Å². The molecule has 1 N–H and O–H groups in total. The van der Waals surface area contributed by atoms with Crippen LogP contribution in [0.25, 0.3) is 0 Å². The summed E-state index contributed by atoms with van der Waals surface area (Å²) in [6.07, 6.45) is 3.72. The minimum absolute atomic E-state index is 0.602. The molecule has 2 saturated heterocycles. The van der Waals surface area contributed by atoms with E-state index in [0.717, 1.165) is 19.8 Å². The smallest absolute Gasteiger partial charge is 0.0620 e. The molecule has 2 aliphatic heterocycles. The molecule has 0 radical (unpaired) electrons. The Morgan fingerprint density at radius 1 is 1.05 bits per heavy atom.